The van der Waals surface area contributed by atoms with Gasteiger partial charge in [0.1, 0.15) is 0 Å². The zero-order chi connectivity index (χ0) is 20.5. The molecule has 2 aromatic carbocycles. The number of carbonyl (C=O) groups excluding carboxylic acids is 2. The molecule has 148 valence electrons. The van der Waals surface area contributed by atoms with Crippen molar-refractivity contribution in [2.75, 3.05) is 25.6 Å². The van der Waals surface area contributed by atoms with Crippen LogP contribution in [0, 0.1) is 10.1 Å². The largest absolute Gasteiger partial charge is 0.493 e. The van der Waals surface area contributed by atoms with Crippen LogP contribution in [0.25, 0.3) is 0 Å². The van der Waals surface area contributed by atoms with E-state index in [9.17, 15) is 19.7 Å². The molecule has 0 bridgehead atoms. The average Bonchev–Trinajstić information content (AvgIpc) is 2.70. The molecular formula is C19H20N2O7. The summed E-state index contributed by atoms with van der Waals surface area (Å²) in [5, 5.41) is 13.5. The van der Waals surface area contributed by atoms with E-state index in [-0.39, 0.29) is 23.8 Å². The molecule has 2 rings (SSSR count). The number of ether oxygens (including phenoxy) is 3. The van der Waals surface area contributed by atoms with Gasteiger partial charge in [0, 0.05) is 11.8 Å². The van der Waals surface area contributed by atoms with Gasteiger partial charge in [-0.2, -0.15) is 0 Å². The van der Waals surface area contributed by atoms with Crippen molar-refractivity contribution in [2.45, 2.75) is 13.3 Å². The topological polar surface area (TPSA) is 117 Å². The first kappa shape index (κ1) is 20.7. The molecule has 0 aliphatic rings. The second-order valence-electron chi connectivity index (χ2n) is 5.64. The molecule has 0 aromatic heterocycles. The summed E-state index contributed by atoms with van der Waals surface area (Å²) in [5.74, 6) is -0.551. The fourth-order valence-corrected chi connectivity index (χ4v) is 2.20. The minimum atomic E-state index is -0.570. The van der Waals surface area contributed by atoms with Crippen LogP contribution in [-0.4, -0.2) is 37.1 Å². The lowest BCUT2D eigenvalue weighted by Gasteiger charge is -2.11. The predicted molar refractivity (Wildman–Crippen MR) is 101 cm³/mol. The van der Waals surface area contributed by atoms with Gasteiger partial charge in [0.25, 0.3) is 11.6 Å². The van der Waals surface area contributed by atoms with Crippen LogP contribution >= 0.6 is 0 Å². The molecule has 0 aliphatic carbocycles. The van der Waals surface area contributed by atoms with Crippen LogP contribution in [-0.2, 0) is 9.53 Å². The van der Waals surface area contributed by atoms with Crippen LogP contribution in [0.1, 0.15) is 23.7 Å². The number of hydrogen-bond acceptors (Lipinski definition) is 7. The summed E-state index contributed by atoms with van der Waals surface area (Å²) in [6.07, 6.45) is 0.731. The molecule has 0 heterocycles. The number of nitrogens with one attached hydrogen (secondary N) is 1. The predicted octanol–water partition coefficient (Wildman–Crippen LogP) is 3.19. The SMILES string of the molecule is CCCOC(=O)c1ccc(NC(=O)COc2cc([N+](=O)[O-])ccc2OC)cc1. The Labute approximate surface area is 161 Å². The highest BCUT2D eigenvalue weighted by Crippen LogP contribution is 2.31. The van der Waals surface area contributed by atoms with Gasteiger partial charge >= 0.3 is 5.97 Å². The number of hydrogen-bond donors (Lipinski definition) is 1. The zero-order valence-corrected chi connectivity index (χ0v) is 15.5. The summed E-state index contributed by atoms with van der Waals surface area (Å²) in [4.78, 5) is 34.1. The number of carbonyl (C=O) groups is 2. The van der Waals surface area contributed by atoms with Gasteiger partial charge in [-0.05, 0) is 36.8 Å². The molecule has 0 unspecified atom stereocenters. The van der Waals surface area contributed by atoms with Crippen molar-refractivity contribution in [2.24, 2.45) is 0 Å². The van der Waals surface area contributed by atoms with E-state index in [0.29, 0.717) is 17.9 Å². The molecular weight excluding hydrogens is 368 g/mol. The Kier molecular flexibility index (Phi) is 7.32. The maximum atomic E-state index is 12.1. The number of methoxy groups -OCH3 is 1. The highest BCUT2D eigenvalue weighted by atomic mass is 16.6. The number of nitro benzene ring substituents is 1. The van der Waals surface area contributed by atoms with E-state index in [2.05, 4.69) is 5.32 Å². The van der Waals surface area contributed by atoms with Crippen molar-refractivity contribution in [3.8, 4) is 11.5 Å². The van der Waals surface area contributed by atoms with E-state index < -0.39 is 16.8 Å². The van der Waals surface area contributed by atoms with Crippen molar-refractivity contribution in [1.29, 1.82) is 0 Å². The van der Waals surface area contributed by atoms with Crippen LogP contribution in [0.15, 0.2) is 42.5 Å². The Morgan fingerprint density at radius 1 is 1.11 bits per heavy atom. The van der Waals surface area contributed by atoms with Gasteiger partial charge in [0.2, 0.25) is 0 Å². The third-order valence-corrected chi connectivity index (χ3v) is 3.56. The first-order chi connectivity index (χ1) is 13.4. The molecule has 0 radical (unpaired) electrons. The minimum Gasteiger partial charge on any atom is -0.493 e. The van der Waals surface area contributed by atoms with E-state index in [0.717, 1.165) is 6.42 Å². The van der Waals surface area contributed by atoms with Crippen LogP contribution < -0.4 is 14.8 Å². The average molecular weight is 388 g/mol. The van der Waals surface area contributed by atoms with Gasteiger partial charge in [-0.1, -0.05) is 6.92 Å². The van der Waals surface area contributed by atoms with Crippen LogP contribution in [0.4, 0.5) is 11.4 Å². The molecule has 1 amide bonds. The maximum Gasteiger partial charge on any atom is 0.338 e. The van der Waals surface area contributed by atoms with Gasteiger partial charge in [-0.25, -0.2) is 4.79 Å². The summed E-state index contributed by atoms with van der Waals surface area (Å²) in [5.41, 5.74) is 0.664. The number of rotatable bonds is 9. The maximum absolute atomic E-state index is 12.1. The monoisotopic (exact) mass is 388 g/mol. The van der Waals surface area contributed by atoms with Gasteiger partial charge < -0.3 is 19.5 Å². The Balaban J connectivity index is 1.95. The Morgan fingerprint density at radius 2 is 1.82 bits per heavy atom. The van der Waals surface area contributed by atoms with Gasteiger partial charge in [0.05, 0.1) is 30.3 Å². The summed E-state index contributed by atoms with van der Waals surface area (Å²) < 4.78 is 15.4. The molecule has 28 heavy (non-hydrogen) atoms. The number of esters is 1. The molecule has 0 aliphatic heterocycles. The van der Waals surface area contributed by atoms with E-state index >= 15 is 0 Å². The smallest absolute Gasteiger partial charge is 0.338 e. The van der Waals surface area contributed by atoms with Crippen LogP contribution in [0.5, 0.6) is 11.5 Å². The summed E-state index contributed by atoms with van der Waals surface area (Å²) in [6.45, 7) is 1.87. The fourth-order valence-electron chi connectivity index (χ4n) is 2.20. The minimum absolute atomic E-state index is 0.0841. The van der Waals surface area contributed by atoms with E-state index in [4.69, 9.17) is 14.2 Å². The molecule has 0 saturated carbocycles. The van der Waals surface area contributed by atoms with Crippen molar-refractivity contribution < 1.29 is 28.7 Å². The van der Waals surface area contributed by atoms with Crippen LogP contribution in [0.3, 0.4) is 0 Å². The standard InChI is InChI=1S/C19H20N2O7/c1-3-10-27-19(23)13-4-6-14(7-5-13)20-18(22)12-28-17-11-15(21(24)25)8-9-16(17)26-2/h4-9,11H,3,10,12H2,1-2H3,(H,20,22). The van der Waals surface area contributed by atoms with E-state index in [1.807, 2.05) is 6.92 Å². The van der Waals surface area contributed by atoms with E-state index in [1.54, 1.807) is 12.1 Å². The van der Waals surface area contributed by atoms with Gasteiger partial charge in [0.15, 0.2) is 18.1 Å². The number of non-ortho nitro benzene ring substituents is 1. The lowest BCUT2D eigenvalue weighted by Crippen LogP contribution is -2.20. The quantitative estimate of drug-likeness (QED) is 0.398. The molecule has 0 saturated heterocycles. The first-order valence-electron chi connectivity index (χ1n) is 8.47. The van der Waals surface area contributed by atoms with Gasteiger partial charge in [-0.3, -0.25) is 14.9 Å². The first-order valence-corrected chi connectivity index (χ1v) is 8.47. The molecule has 9 nitrogen and oxygen atoms in total. The third kappa shape index (κ3) is 5.70. The van der Waals surface area contributed by atoms with Gasteiger partial charge in [-0.15, -0.1) is 0 Å². The second kappa shape index (κ2) is 9.91. The molecule has 2 aromatic rings. The zero-order valence-electron chi connectivity index (χ0n) is 15.5. The second-order valence-corrected chi connectivity index (χ2v) is 5.64. The summed E-state index contributed by atoms with van der Waals surface area (Å²) in [7, 11) is 1.39. The fraction of sp³-hybridized carbons (Fsp3) is 0.263. The highest BCUT2D eigenvalue weighted by Gasteiger charge is 2.14. The molecule has 0 atom stereocenters. The van der Waals surface area contributed by atoms with E-state index in [1.165, 1.54) is 37.4 Å². The lowest BCUT2D eigenvalue weighted by molar-refractivity contribution is -0.385. The van der Waals surface area contributed by atoms with Crippen molar-refractivity contribution in [3.63, 3.8) is 0 Å². The van der Waals surface area contributed by atoms with Crippen molar-refractivity contribution in [1.82, 2.24) is 0 Å². The Morgan fingerprint density at radius 3 is 2.43 bits per heavy atom. The molecule has 0 spiro atoms. The molecule has 0 fully saturated rings. The normalized spacial score (nSPS) is 10.1. The molecule has 1 N–H and O–H groups in total. The van der Waals surface area contributed by atoms with Crippen LogP contribution in [0.2, 0.25) is 0 Å². The number of nitrogens with zero attached hydrogens (tertiary/aromatic N) is 1. The highest BCUT2D eigenvalue weighted by molar-refractivity contribution is 5.93. The summed E-state index contributed by atoms with van der Waals surface area (Å²) in [6, 6.07) is 10.1. The third-order valence-electron chi connectivity index (χ3n) is 3.56. The lowest BCUT2D eigenvalue weighted by atomic mass is 10.2. The Hall–Kier alpha value is -3.62. The number of nitro groups is 1. The number of anilines is 1. The summed E-state index contributed by atoms with van der Waals surface area (Å²) >= 11 is 0. The Bertz CT molecular complexity index is 850. The van der Waals surface area contributed by atoms with Crippen molar-refractivity contribution >= 4 is 23.3 Å². The number of benzene rings is 2. The molecule has 9 heteroatoms. The number of amides is 1. The van der Waals surface area contributed by atoms with Crippen molar-refractivity contribution in [3.05, 3.63) is 58.1 Å².